The maximum atomic E-state index is 12.1. The highest BCUT2D eigenvalue weighted by Gasteiger charge is 2.06. The van der Waals surface area contributed by atoms with Crippen LogP contribution in [0.2, 0.25) is 0 Å². The number of anilines is 1. The summed E-state index contributed by atoms with van der Waals surface area (Å²) in [4.78, 5) is 30.4. The molecule has 122 valence electrons. The van der Waals surface area contributed by atoms with Crippen molar-refractivity contribution in [3.63, 3.8) is 0 Å². The molecule has 0 aliphatic heterocycles. The highest BCUT2D eigenvalue weighted by atomic mass is 16.5. The number of benzene rings is 2. The van der Waals surface area contributed by atoms with Crippen molar-refractivity contribution >= 4 is 22.5 Å². The molecule has 1 aromatic heterocycles. The maximum Gasteiger partial charge on any atom is 0.258 e. The van der Waals surface area contributed by atoms with Gasteiger partial charge in [0.1, 0.15) is 5.75 Å². The zero-order valence-electron chi connectivity index (χ0n) is 13.2. The largest absolute Gasteiger partial charge is 0.497 e. The summed E-state index contributed by atoms with van der Waals surface area (Å²) in [5, 5.41) is 3.26. The van der Waals surface area contributed by atoms with Crippen LogP contribution >= 0.6 is 0 Å². The number of aromatic amines is 1. The second-order valence-electron chi connectivity index (χ2n) is 5.36. The first-order valence-electron chi connectivity index (χ1n) is 7.56. The summed E-state index contributed by atoms with van der Waals surface area (Å²) < 4.78 is 5.11. The molecule has 0 radical (unpaired) electrons. The first-order chi connectivity index (χ1) is 11.7. The van der Waals surface area contributed by atoms with E-state index < -0.39 is 0 Å². The number of amides is 1. The Balaban J connectivity index is 1.64. The zero-order chi connectivity index (χ0) is 16.9. The molecular weight excluding hydrogens is 306 g/mol. The van der Waals surface area contributed by atoms with E-state index in [4.69, 9.17) is 4.74 Å². The van der Waals surface area contributed by atoms with Gasteiger partial charge in [-0.15, -0.1) is 0 Å². The van der Waals surface area contributed by atoms with Crippen LogP contribution in [0.15, 0.2) is 53.6 Å². The predicted molar refractivity (Wildman–Crippen MR) is 92.3 cm³/mol. The number of hydrogen-bond acceptors (Lipinski definition) is 4. The number of methoxy groups -OCH3 is 1. The highest BCUT2D eigenvalue weighted by Crippen LogP contribution is 2.15. The molecule has 6 nitrogen and oxygen atoms in total. The quantitative estimate of drug-likeness (QED) is 0.755. The van der Waals surface area contributed by atoms with Crippen LogP contribution in [0, 0.1) is 0 Å². The first-order valence-corrected chi connectivity index (χ1v) is 7.56. The molecule has 3 aromatic rings. The molecule has 0 spiro atoms. The van der Waals surface area contributed by atoms with Crippen LogP contribution in [0.25, 0.3) is 10.9 Å². The standard InChI is InChI=1S/C18H17N3O3/c1-24-14-6-2-12(3-7-14)4-9-17(22)21-13-5-8-16-15(10-13)18(23)20-11-19-16/h2-3,5-8,10-11H,4,9H2,1H3,(H,21,22)(H,19,20,23). The summed E-state index contributed by atoms with van der Waals surface area (Å²) in [6.07, 6.45) is 2.34. The van der Waals surface area contributed by atoms with E-state index in [1.807, 2.05) is 24.3 Å². The van der Waals surface area contributed by atoms with Gasteiger partial charge in [-0.1, -0.05) is 12.1 Å². The van der Waals surface area contributed by atoms with Crippen LogP contribution in [0.4, 0.5) is 5.69 Å². The van der Waals surface area contributed by atoms with E-state index in [0.717, 1.165) is 11.3 Å². The van der Waals surface area contributed by atoms with Gasteiger partial charge in [0.25, 0.3) is 5.56 Å². The number of nitrogens with zero attached hydrogens (tertiary/aromatic N) is 1. The van der Waals surface area contributed by atoms with Crippen LogP contribution in [-0.2, 0) is 11.2 Å². The normalized spacial score (nSPS) is 10.5. The molecule has 24 heavy (non-hydrogen) atoms. The summed E-state index contributed by atoms with van der Waals surface area (Å²) in [5.74, 6) is 0.684. The third kappa shape index (κ3) is 3.60. The first kappa shape index (κ1) is 15.7. The number of nitrogens with one attached hydrogen (secondary N) is 2. The van der Waals surface area contributed by atoms with Gasteiger partial charge in [0.15, 0.2) is 0 Å². The molecule has 0 unspecified atom stereocenters. The van der Waals surface area contributed by atoms with Crippen molar-refractivity contribution in [1.29, 1.82) is 0 Å². The number of carbonyl (C=O) groups is 1. The van der Waals surface area contributed by atoms with Crippen LogP contribution in [0.1, 0.15) is 12.0 Å². The lowest BCUT2D eigenvalue weighted by Crippen LogP contribution is -2.13. The monoisotopic (exact) mass is 323 g/mol. The topological polar surface area (TPSA) is 84.1 Å². The minimum atomic E-state index is -0.227. The van der Waals surface area contributed by atoms with Gasteiger partial charge >= 0.3 is 0 Å². The van der Waals surface area contributed by atoms with Crippen LogP contribution in [0.5, 0.6) is 5.75 Å². The molecule has 1 amide bonds. The lowest BCUT2D eigenvalue weighted by Gasteiger charge is -2.07. The number of H-pyrrole nitrogens is 1. The predicted octanol–water partition coefficient (Wildman–Crippen LogP) is 2.50. The van der Waals surface area contributed by atoms with Gasteiger partial charge in [-0.3, -0.25) is 9.59 Å². The minimum absolute atomic E-state index is 0.106. The van der Waals surface area contributed by atoms with E-state index >= 15 is 0 Å². The molecule has 0 atom stereocenters. The third-order valence-corrected chi connectivity index (χ3v) is 3.72. The number of rotatable bonds is 5. The van der Waals surface area contributed by atoms with Gasteiger partial charge in [-0.05, 0) is 42.3 Å². The Hall–Kier alpha value is -3.15. The average molecular weight is 323 g/mol. The maximum absolute atomic E-state index is 12.1. The van der Waals surface area contributed by atoms with Crippen LogP contribution in [0.3, 0.4) is 0 Å². The van der Waals surface area contributed by atoms with Crippen molar-refractivity contribution in [1.82, 2.24) is 9.97 Å². The molecular formula is C18H17N3O3. The molecule has 6 heteroatoms. The van der Waals surface area contributed by atoms with Crippen molar-refractivity contribution in [2.75, 3.05) is 12.4 Å². The Morgan fingerprint density at radius 2 is 2.00 bits per heavy atom. The Kier molecular flexibility index (Phi) is 4.56. The average Bonchev–Trinajstić information content (AvgIpc) is 2.61. The van der Waals surface area contributed by atoms with Crippen molar-refractivity contribution < 1.29 is 9.53 Å². The van der Waals surface area contributed by atoms with Gasteiger partial charge in [-0.25, -0.2) is 4.98 Å². The van der Waals surface area contributed by atoms with Crippen molar-refractivity contribution in [2.45, 2.75) is 12.8 Å². The van der Waals surface area contributed by atoms with E-state index in [0.29, 0.717) is 29.4 Å². The molecule has 0 aliphatic carbocycles. The molecule has 0 aliphatic rings. The summed E-state index contributed by atoms with van der Waals surface area (Å²) in [6, 6.07) is 12.7. The fraction of sp³-hybridized carbons (Fsp3) is 0.167. The third-order valence-electron chi connectivity index (χ3n) is 3.72. The number of aryl methyl sites for hydroxylation is 1. The van der Waals surface area contributed by atoms with Crippen molar-refractivity contribution in [2.24, 2.45) is 0 Å². The smallest absolute Gasteiger partial charge is 0.258 e. The number of fused-ring (bicyclic) bond motifs is 1. The second kappa shape index (κ2) is 6.95. The Morgan fingerprint density at radius 3 is 2.75 bits per heavy atom. The fourth-order valence-electron chi connectivity index (χ4n) is 2.42. The summed E-state index contributed by atoms with van der Waals surface area (Å²) in [7, 11) is 1.62. The molecule has 3 rings (SSSR count). The molecule has 2 aromatic carbocycles. The minimum Gasteiger partial charge on any atom is -0.497 e. The molecule has 0 saturated heterocycles. The molecule has 0 fully saturated rings. The number of carbonyl (C=O) groups excluding carboxylic acids is 1. The van der Waals surface area contributed by atoms with E-state index in [9.17, 15) is 9.59 Å². The van der Waals surface area contributed by atoms with E-state index in [2.05, 4.69) is 15.3 Å². The molecule has 2 N–H and O–H groups in total. The second-order valence-corrected chi connectivity index (χ2v) is 5.36. The molecule has 0 bridgehead atoms. The summed E-state index contributed by atoms with van der Waals surface area (Å²) in [5.41, 5.74) is 2.01. The number of ether oxygens (including phenoxy) is 1. The van der Waals surface area contributed by atoms with Crippen molar-refractivity contribution in [3.8, 4) is 5.75 Å². The molecule has 0 saturated carbocycles. The fourth-order valence-corrected chi connectivity index (χ4v) is 2.42. The molecule has 1 heterocycles. The van der Waals surface area contributed by atoms with Gasteiger partial charge < -0.3 is 15.0 Å². The van der Waals surface area contributed by atoms with Gasteiger partial charge in [0.05, 0.1) is 24.3 Å². The summed E-state index contributed by atoms with van der Waals surface area (Å²) >= 11 is 0. The van der Waals surface area contributed by atoms with Gasteiger partial charge in [0.2, 0.25) is 5.91 Å². The Morgan fingerprint density at radius 1 is 1.21 bits per heavy atom. The lowest BCUT2D eigenvalue weighted by molar-refractivity contribution is -0.116. The Labute approximate surface area is 138 Å². The van der Waals surface area contributed by atoms with E-state index in [-0.39, 0.29) is 11.5 Å². The zero-order valence-corrected chi connectivity index (χ0v) is 13.2. The van der Waals surface area contributed by atoms with E-state index in [1.54, 1.807) is 25.3 Å². The van der Waals surface area contributed by atoms with Crippen LogP contribution < -0.4 is 15.6 Å². The van der Waals surface area contributed by atoms with Crippen LogP contribution in [-0.4, -0.2) is 23.0 Å². The SMILES string of the molecule is COc1ccc(CCC(=O)Nc2ccc3nc[nH]c(=O)c3c2)cc1. The summed E-state index contributed by atoms with van der Waals surface area (Å²) in [6.45, 7) is 0. The number of hydrogen-bond donors (Lipinski definition) is 2. The lowest BCUT2D eigenvalue weighted by atomic mass is 10.1. The highest BCUT2D eigenvalue weighted by molar-refractivity contribution is 5.93. The van der Waals surface area contributed by atoms with Crippen molar-refractivity contribution in [3.05, 3.63) is 64.7 Å². The Bertz CT molecular complexity index is 917. The number of aromatic nitrogens is 2. The van der Waals surface area contributed by atoms with E-state index in [1.165, 1.54) is 6.33 Å². The van der Waals surface area contributed by atoms with Gasteiger partial charge in [-0.2, -0.15) is 0 Å². The van der Waals surface area contributed by atoms with Gasteiger partial charge in [0, 0.05) is 12.1 Å².